The Labute approximate surface area is 93.6 Å². The van der Waals surface area contributed by atoms with Gasteiger partial charge in [0.25, 0.3) is 5.69 Å². The van der Waals surface area contributed by atoms with Crippen LogP contribution in [0.5, 0.6) is 0 Å². The summed E-state index contributed by atoms with van der Waals surface area (Å²) in [4.78, 5) is 9.93. The molecule has 1 N–H and O–H groups in total. The fraction of sp³-hybridized carbons (Fsp3) is 0.455. The molecule has 1 atom stereocenters. The summed E-state index contributed by atoms with van der Waals surface area (Å²) in [6.45, 7) is 4.01. The number of nitro benzene ring substituents is 1. The molecule has 1 unspecified atom stereocenters. The average molecular weight is 226 g/mol. The van der Waals surface area contributed by atoms with Gasteiger partial charge in [0, 0.05) is 17.8 Å². The van der Waals surface area contributed by atoms with E-state index in [1.165, 1.54) is 12.1 Å². The lowest BCUT2D eigenvalue weighted by Crippen LogP contribution is -2.14. The standard InChI is InChI=1S/C11H15FN2O2/c1-3-4-8(2)13-10-5-9(12)6-11(7-10)14(15)16/h5-8,13H,3-4H2,1-2H3. The van der Waals surface area contributed by atoms with Gasteiger partial charge in [-0.3, -0.25) is 10.1 Å². The number of nitrogens with zero attached hydrogens (tertiary/aromatic N) is 1. The third-order valence-corrected chi connectivity index (χ3v) is 2.23. The number of rotatable bonds is 5. The van der Waals surface area contributed by atoms with Crippen LogP contribution < -0.4 is 5.32 Å². The van der Waals surface area contributed by atoms with Crippen LogP contribution in [0.4, 0.5) is 15.8 Å². The van der Waals surface area contributed by atoms with Crippen molar-refractivity contribution in [2.45, 2.75) is 32.7 Å². The minimum absolute atomic E-state index is 0.173. The van der Waals surface area contributed by atoms with Gasteiger partial charge in [0.2, 0.25) is 0 Å². The molecule has 0 saturated carbocycles. The van der Waals surface area contributed by atoms with Crippen LogP contribution in [0.15, 0.2) is 18.2 Å². The lowest BCUT2D eigenvalue weighted by atomic mass is 10.2. The topological polar surface area (TPSA) is 55.2 Å². The molecule has 0 heterocycles. The van der Waals surface area contributed by atoms with Crippen molar-refractivity contribution >= 4 is 11.4 Å². The Bertz CT molecular complexity index is 382. The third kappa shape index (κ3) is 3.49. The number of nitro groups is 1. The Hall–Kier alpha value is -1.65. The van der Waals surface area contributed by atoms with Gasteiger partial charge in [-0.15, -0.1) is 0 Å². The molecule has 0 radical (unpaired) electrons. The molecule has 1 rings (SSSR count). The minimum Gasteiger partial charge on any atom is -0.382 e. The zero-order chi connectivity index (χ0) is 12.1. The van der Waals surface area contributed by atoms with E-state index in [9.17, 15) is 14.5 Å². The molecule has 0 aliphatic rings. The van der Waals surface area contributed by atoms with Crippen LogP contribution in [0, 0.1) is 15.9 Å². The number of non-ortho nitro benzene ring substituents is 1. The van der Waals surface area contributed by atoms with Crippen molar-refractivity contribution < 1.29 is 9.31 Å². The normalized spacial score (nSPS) is 12.2. The van der Waals surface area contributed by atoms with Crippen molar-refractivity contribution in [1.82, 2.24) is 0 Å². The summed E-state index contributed by atoms with van der Waals surface area (Å²) < 4.78 is 13.1. The molecule has 0 amide bonds. The molecule has 16 heavy (non-hydrogen) atoms. The van der Waals surface area contributed by atoms with Gasteiger partial charge in [0.15, 0.2) is 0 Å². The van der Waals surface area contributed by atoms with Crippen LogP contribution in [0.2, 0.25) is 0 Å². The molecule has 88 valence electrons. The summed E-state index contributed by atoms with van der Waals surface area (Å²) in [5, 5.41) is 13.6. The van der Waals surface area contributed by atoms with Crippen LogP contribution in [0.3, 0.4) is 0 Å². The lowest BCUT2D eigenvalue weighted by Gasteiger charge is -2.13. The number of hydrogen-bond donors (Lipinski definition) is 1. The summed E-state index contributed by atoms with van der Waals surface area (Å²) >= 11 is 0. The number of halogens is 1. The second kappa shape index (κ2) is 5.44. The zero-order valence-electron chi connectivity index (χ0n) is 9.37. The van der Waals surface area contributed by atoms with Crippen LogP contribution in [0.25, 0.3) is 0 Å². The maximum atomic E-state index is 13.1. The first kappa shape index (κ1) is 12.4. The van der Waals surface area contributed by atoms with Crippen LogP contribution in [-0.2, 0) is 0 Å². The van der Waals surface area contributed by atoms with Gasteiger partial charge in [-0.25, -0.2) is 4.39 Å². The first-order valence-electron chi connectivity index (χ1n) is 5.24. The molecule has 5 heteroatoms. The largest absolute Gasteiger partial charge is 0.382 e. The van der Waals surface area contributed by atoms with E-state index in [4.69, 9.17) is 0 Å². The van der Waals surface area contributed by atoms with Gasteiger partial charge in [-0.1, -0.05) is 13.3 Å². The quantitative estimate of drug-likeness (QED) is 0.618. The van der Waals surface area contributed by atoms with E-state index >= 15 is 0 Å². The maximum absolute atomic E-state index is 13.1. The van der Waals surface area contributed by atoms with Crippen molar-refractivity contribution in [3.63, 3.8) is 0 Å². The molecule has 0 saturated heterocycles. The predicted octanol–water partition coefficient (Wildman–Crippen LogP) is 3.33. The van der Waals surface area contributed by atoms with Gasteiger partial charge >= 0.3 is 0 Å². The second-order valence-corrected chi connectivity index (χ2v) is 3.79. The molecular formula is C11H15FN2O2. The number of nitrogens with one attached hydrogen (secondary N) is 1. The molecule has 4 nitrogen and oxygen atoms in total. The highest BCUT2D eigenvalue weighted by Crippen LogP contribution is 2.21. The zero-order valence-corrected chi connectivity index (χ0v) is 9.37. The first-order chi connectivity index (χ1) is 7.52. The van der Waals surface area contributed by atoms with Gasteiger partial charge < -0.3 is 5.32 Å². The highest BCUT2D eigenvalue weighted by Gasteiger charge is 2.10. The van der Waals surface area contributed by atoms with Gasteiger partial charge in [-0.05, 0) is 19.4 Å². The van der Waals surface area contributed by atoms with Crippen molar-refractivity contribution in [2.75, 3.05) is 5.32 Å². The molecule has 0 fully saturated rings. The highest BCUT2D eigenvalue weighted by molar-refractivity contribution is 5.52. The molecule has 0 aromatic heterocycles. The summed E-state index contributed by atoms with van der Waals surface area (Å²) in [6.07, 6.45) is 1.94. The summed E-state index contributed by atoms with van der Waals surface area (Å²) in [5.74, 6) is -0.597. The van der Waals surface area contributed by atoms with E-state index in [1.807, 2.05) is 13.8 Å². The Kier molecular flexibility index (Phi) is 4.22. The highest BCUT2D eigenvalue weighted by atomic mass is 19.1. The Balaban J connectivity index is 2.84. The van der Waals surface area contributed by atoms with Gasteiger partial charge in [0.1, 0.15) is 5.82 Å². The molecular weight excluding hydrogens is 211 g/mol. The smallest absolute Gasteiger partial charge is 0.274 e. The van der Waals surface area contributed by atoms with E-state index in [0.29, 0.717) is 5.69 Å². The molecule has 0 spiro atoms. The van der Waals surface area contributed by atoms with Crippen molar-refractivity contribution in [3.8, 4) is 0 Å². The molecule has 0 bridgehead atoms. The fourth-order valence-corrected chi connectivity index (χ4v) is 1.55. The van der Waals surface area contributed by atoms with E-state index in [0.717, 1.165) is 18.9 Å². The van der Waals surface area contributed by atoms with Crippen LogP contribution in [-0.4, -0.2) is 11.0 Å². The first-order valence-corrected chi connectivity index (χ1v) is 5.24. The molecule has 0 aliphatic heterocycles. The van der Waals surface area contributed by atoms with Crippen molar-refractivity contribution in [1.29, 1.82) is 0 Å². The number of anilines is 1. The van der Waals surface area contributed by atoms with Gasteiger partial charge in [-0.2, -0.15) is 0 Å². The SMILES string of the molecule is CCCC(C)Nc1cc(F)cc([N+](=O)[O-])c1. The van der Waals surface area contributed by atoms with Crippen molar-refractivity contribution in [3.05, 3.63) is 34.1 Å². The van der Waals surface area contributed by atoms with E-state index < -0.39 is 10.7 Å². The van der Waals surface area contributed by atoms with E-state index in [1.54, 1.807) is 0 Å². The van der Waals surface area contributed by atoms with Crippen molar-refractivity contribution in [2.24, 2.45) is 0 Å². The number of benzene rings is 1. The predicted molar refractivity (Wildman–Crippen MR) is 61.0 cm³/mol. The van der Waals surface area contributed by atoms with E-state index in [-0.39, 0.29) is 11.7 Å². The van der Waals surface area contributed by atoms with Gasteiger partial charge in [0.05, 0.1) is 11.0 Å². The second-order valence-electron chi connectivity index (χ2n) is 3.79. The molecule has 1 aromatic rings. The van der Waals surface area contributed by atoms with E-state index in [2.05, 4.69) is 5.32 Å². The monoisotopic (exact) mass is 226 g/mol. The van der Waals surface area contributed by atoms with Crippen LogP contribution >= 0.6 is 0 Å². The maximum Gasteiger partial charge on any atom is 0.274 e. The summed E-state index contributed by atoms with van der Waals surface area (Å²) in [7, 11) is 0. The van der Waals surface area contributed by atoms with Crippen LogP contribution in [0.1, 0.15) is 26.7 Å². The summed E-state index contributed by atoms with van der Waals surface area (Å²) in [6, 6.07) is 3.69. The Morgan fingerprint density at radius 1 is 1.50 bits per heavy atom. The third-order valence-electron chi connectivity index (χ3n) is 2.23. The average Bonchev–Trinajstić information content (AvgIpc) is 2.16. The molecule has 0 aliphatic carbocycles. The molecule has 1 aromatic carbocycles. The summed E-state index contributed by atoms with van der Waals surface area (Å²) in [5.41, 5.74) is 0.221. The number of hydrogen-bond acceptors (Lipinski definition) is 3. The Morgan fingerprint density at radius 3 is 2.75 bits per heavy atom. The lowest BCUT2D eigenvalue weighted by molar-refractivity contribution is -0.385. The fourth-order valence-electron chi connectivity index (χ4n) is 1.55. The Morgan fingerprint density at radius 2 is 2.19 bits per heavy atom. The minimum atomic E-state index is -0.598.